The summed E-state index contributed by atoms with van der Waals surface area (Å²) < 4.78 is 25.7. The standard InChI is InChI=1S/C12H13BrClN3O2S/c1-12(2,3)17-10(8-5-4-6-9(13)7-8)15-16-11(17)20(14,18)19/h4-7H,1-3H3. The van der Waals surface area contributed by atoms with Crippen molar-refractivity contribution in [1.29, 1.82) is 0 Å². The first kappa shape index (κ1) is 15.5. The Balaban J connectivity index is 2.76. The number of benzene rings is 1. The zero-order chi connectivity index (χ0) is 15.1. The van der Waals surface area contributed by atoms with Gasteiger partial charge in [0, 0.05) is 26.3 Å². The van der Waals surface area contributed by atoms with Gasteiger partial charge in [-0.3, -0.25) is 4.57 Å². The van der Waals surface area contributed by atoms with Crippen LogP contribution in [0.4, 0.5) is 0 Å². The second kappa shape index (κ2) is 5.13. The van der Waals surface area contributed by atoms with Crippen LogP contribution in [-0.4, -0.2) is 23.2 Å². The number of halogens is 2. The summed E-state index contributed by atoms with van der Waals surface area (Å²) >= 11 is 3.38. The topological polar surface area (TPSA) is 64.8 Å². The van der Waals surface area contributed by atoms with Crippen molar-refractivity contribution in [3.05, 3.63) is 28.7 Å². The molecule has 0 aliphatic rings. The van der Waals surface area contributed by atoms with E-state index in [1.165, 1.54) is 4.57 Å². The van der Waals surface area contributed by atoms with Gasteiger partial charge in [0.2, 0.25) is 0 Å². The summed E-state index contributed by atoms with van der Waals surface area (Å²) in [5.74, 6) is 0.457. The molecule has 0 N–H and O–H groups in total. The van der Waals surface area contributed by atoms with Crippen molar-refractivity contribution < 1.29 is 8.42 Å². The van der Waals surface area contributed by atoms with Gasteiger partial charge in [0.25, 0.3) is 14.2 Å². The summed E-state index contributed by atoms with van der Waals surface area (Å²) in [6.45, 7) is 5.59. The second-order valence-corrected chi connectivity index (χ2v) is 8.64. The van der Waals surface area contributed by atoms with Crippen molar-refractivity contribution in [2.75, 3.05) is 0 Å². The first-order valence-electron chi connectivity index (χ1n) is 5.77. The van der Waals surface area contributed by atoms with Gasteiger partial charge in [0.15, 0.2) is 5.82 Å². The number of aromatic nitrogens is 3. The third-order valence-corrected chi connectivity index (χ3v) is 4.21. The quantitative estimate of drug-likeness (QED) is 0.751. The minimum atomic E-state index is -3.96. The van der Waals surface area contributed by atoms with Gasteiger partial charge in [-0.2, -0.15) is 0 Å². The molecule has 0 bridgehead atoms. The fourth-order valence-corrected chi connectivity index (χ4v) is 3.26. The Morgan fingerprint density at radius 2 is 1.90 bits per heavy atom. The molecule has 5 nitrogen and oxygen atoms in total. The van der Waals surface area contributed by atoms with E-state index in [9.17, 15) is 8.42 Å². The molecule has 1 heterocycles. The minimum absolute atomic E-state index is 0.248. The molecule has 2 aromatic rings. The fourth-order valence-electron chi connectivity index (χ4n) is 1.85. The van der Waals surface area contributed by atoms with Crippen LogP contribution in [0.5, 0.6) is 0 Å². The summed E-state index contributed by atoms with van der Waals surface area (Å²) in [6, 6.07) is 7.40. The third kappa shape index (κ3) is 3.05. The lowest BCUT2D eigenvalue weighted by atomic mass is 10.1. The molecule has 0 fully saturated rings. The van der Waals surface area contributed by atoms with Crippen LogP contribution in [-0.2, 0) is 14.6 Å². The summed E-state index contributed by atoms with van der Waals surface area (Å²) in [7, 11) is 1.48. The van der Waals surface area contributed by atoms with Crippen LogP contribution < -0.4 is 0 Å². The predicted octanol–water partition coefficient (Wildman–Crippen LogP) is 3.39. The SMILES string of the molecule is CC(C)(C)n1c(-c2cccc(Br)c2)nnc1S(=O)(=O)Cl. The van der Waals surface area contributed by atoms with Gasteiger partial charge in [0.05, 0.1) is 0 Å². The van der Waals surface area contributed by atoms with Crippen LogP contribution in [0.1, 0.15) is 20.8 Å². The van der Waals surface area contributed by atoms with E-state index in [4.69, 9.17) is 10.7 Å². The Kier molecular flexibility index (Phi) is 3.96. The molecule has 0 spiro atoms. The van der Waals surface area contributed by atoms with Crippen molar-refractivity contribution in [2.45, 2.75) is 31.5 Å². The fraction of sp³-hybridized carbons (Fsp3) is 0.333. The van der Waals surface area contributed by atoms with Gasteiger partial charge < -0.3 is 0 Å². The van der Waals surface area contributed by atoms with Crippen molar-refractivity contribution in [2.24, 2.45) is 0 Å². The Labute approximate surface area is 130 Å². The maximum atomic E-state index is 11.6. The van der Waals surface area contributed by atoms with Gasteiger partial charge >= 0.3 is 0 Å². The van der Waals surface area contributed by atoms with E-state index < -0.39 is 14.6 Å². The van der Waals surface area contributed by atoms with E-state index >= 15 is 0 Å². The molecule has 0 saturated carbocycles. The molecule has 0 radical (unpaired) electrons. The lowest BCUT2D eigenvalue weighted by molar-refractivity contribution is 0.367. The van der Waals surface area contributed by atoms with E-state index in [1.54, 1.807) is 0 Å². The summed E-state index contributed by atoms with van der Waals surface area (Å²) in [5.41, 5.74) is 0.228. The zero-order valence-electron chi connectivity index (χ0n) is 11.1. The van der Waals surface area contributed by atoms with Gasteiger partial charge in [-0.05, 0) is 32.9 Å². The molecule has 1 aromatic carbocycles. The maximum absolute atomic E-state index is 11.6. The number of hydrogen-bond donors (Lipinski definition) is 0. The highest BCUT2D eigenvalue weighted by Crippen LogP contribution is 2.30. The number of rotatable bonds is 2. The van der Waals surface area contributed by atoms with Crippen molar-refractivity contribution in [3.8, 4) is 11.4 Å². The van der Waals surface area contributed by atoms with Gasteiger partial charge in [-0.15, -0.1) is 10.2 Å². The van der Waals surface area contributed by atoms with Crippen LogP contribution in [0, 0.1) is 0 Å². The highest BCUT2D eigenvalue weighted by Gasteiger charge is 2.30. The van der Waals surface area contributed by atoms with Crippen molar-refractivity contribution >= 4 is 35.7 Å². The zero-order valence-corrected chi connectivity index (χ0v) is 14.3. The Bertz CT molecular complexity index is 750. The molecule has 1 aromatic heterocycles. The Morgan fingerprint density at radius 1 is 1.25 bits per heavy atom. The molecular formula is C12H13BrClN3O2S. The highest BCUT2D eigenvalue weighted by atomic mass is 79.9. The van der Waals surface area contributed by atoms with E-state index in [-0.39, 0.29) is 5.16 Å². The van der Waals surface area contributed by atoms with E-state index in [0.717, 1.165) is 10.0 Å². The number of nitrogens with zero attached hydrogens (tertiary/aromatic N) is 3. The van der Waals surface area contributed by atoms with Crippen molar-refractivity contribution in [3.63, 3.8) is 0 Å². The number of hydrogen-bond acceptors (Lipinski definition) is 4. The van der Waals surface area contributed by atoms with E-state index in [0.29, 0.717) is 5.82 Å². The van der Waals surface area contributed by atoms with Gasteiger partial charge in [-0.25, -0.2) is 8.42 Å². The van der Waals surface area contributed by atoms with Crippen LogP contribution in [0.25, 0.3) is 11.4 Å². The Hall–Kier alpha value is -0.920. The molecule has 0 unspecified atom stereocenters. The molecule has 8 heteroatoms. The first-order chi connectivity index (χ1) is 9.10. The second-order valence-electron chi connectivity index (χ2n) is 5.26. The lowest BCUT2D eigenvalue weighted by Crippen LogP contribution is -2.25. The Morgan fingerprint density at radius 3 is 2.40 bits per heavy atom. The van der Waals surface area contributed by atoms with E-state index in [1.807, 2.05) is 45.0 Å². The molecule has 0 saturated heterocycles. The largest absolute Gasteiger partial charge is 0.296 e. The minimum Gasteiger partial charge on any atom is -0.291 e. The van der Waals surface area contributed by atoms with Crippen LogP contribution in [0.2, 0.25) is 0 Å². The average Bonchev–Trinajstić information content (AvgIpc) is 2.72. The monoisotopic (exact) mass is 377 g/mol. The van der Waals surface area contributed by atoms with E-state index in [2.05, 4.69) is 26.1 Å². The summed E-state index contributed by atoms with van der Waals surface area (Å²) in [6.07, 6.45) is 0. The smallest absolute Gasteiger partial charge is 0.291 e. The molecule has 20 heavy (non-hydrogen) atoms. The summed E-state index contributed by atoms with van der Waals surface area (Å²) in [5, 5.41) is 7.48. The highest BCUT2D eigenvalue weighted by molar-refractivity contribution is 9.10. The molecule has 0 amide bonds. The predicted molar refractivity (Wildman–Crippen MR) is 81.2 cm³/mol. The molecule has 2 rings (SSSR count). The average molecular weight is 379 g/mol. The maximum Gasteiger partial charge on any atom is 0.296 e. The van der Waals surface area contributed by atoms with Gasteiger partial charge in [0.1, 0.15) is 0 Å². The third-order valence-electron chi connectivity index (χ3n) is 2.61. The van der Waals surface area contributed by atoms with Crippen molar-refractivity contribution in [1.82, 2.24) is 14.8 Å². The molecule has 0 aliphatic carbocycles. The molecular weight excluding hydrogens is 366 g/mol. The van der Waals surface area contributed by atoms with Crippen LogP contribution in [0.3, 0.4) is 0 Å². The lowest BCUT2D eigenvalue weighted by Gasteiger charge is -2.24. The summed E-state index contributed by atoms with van der Waals surface area (Å²) in [4.78, 5) is 0. The normalized spacial score (nSPS) is 12.7. The first-order valence-corrected chi connectivity index (χ1v) is 8.87. The molecule has 108 valence electrons. The van der Waals surface area contributed by atoms with Crippen LogP contribution >= 0.6 is 26.6 Å². The molecule has 0 atom stereocenters. The van der Waals surface area contributed by atoms with Gasteiger partial charge in [-0.1, -0.05) is 28.1 Å². The molecule has 0 aliphatic heterocycles. The van der Waals surface area contributed by atoms with Crippen LogP contribution in [0.15, 0.2) is 33.9 Å².